The number of carboxylic acid groups (broad SMARTS) is 1. The molecule has 0 aromatic heterocycles. The fraction of sp³-hybridized carbons (Fsp3) is 0.909. The van der Waals surface area contributed by atoms with Crippen LogP contribution in [0.25, 0.3) is 0 Å². The summed E-state index contributed by atoms with van der Waals surface area (Å²) in [7, 11) is 3.63. The lowest BCUT2D eigenvalue weighted by molar-refractivity contribution is -0.139. The summed E-state index contributed by atoms with van der Waals surface area (Å²) < 4.78 is 0. The molecule has 4 nitrogen and oxygen atoms in total. The highest BCUT2D eigenvalue weighted by Gasteiger charge is 2.18. The van der Waals surface area contributed by atoms with Gasteiger partial charge in [0.1, 0.15) is 6.04 Å². The largest absolute Gasteiger partial charge is 0.480 e. The van der Waals surface area contributed by atoms with Crippen LogP contribution in [-0.2, 0) is 4.79 Å². The van der Waals surface area contributed by atoms with Gasteiger partial charge in [-0.15, -0.1) is 0 Å². The normalized spacial score (nSPS) is 14.3. The Kier molecular flexibility index (Phi) is 5.83. The van der Waals surface area contributed by atoms with Gasteiger partial charge in [0, 0.05) is 6.54 Å². The van der Waals surface area contributed by atoms with Gasteiger partial charge in [-0.05, 0) is 32.5 Å². The lowest BCUT2D eigenvalue weighted by Crippen LogP contribution is -2.43. The molecule has 1 atom stereocenters. The molecule has 0 radical (unpaired) electrons. The molecule has 0 saturated heterocycles. The van der Waals surface area contributed by atoms with Gasteiger partial charge in [0.15, 0.2) is 0 Å². The van der Waals surface area contributed by atoms with E-state index in [2.05, 4.69) is 31.0 Å². The fourth-order valence-corrected chi connectivity index (χ4v) is 1.22. The van der Waals surface area contributed by atoms with Crippen LogP contribution in [0.15, 0.2) is 0 Å². The van der Waals surface area contributed by atoms with Crippen molar-refractivity contribution < 1.29 is 9.90 Å². The van der Waals surface area contributed by atoms with Crippen molar-refractivity contribution in [2.24, 2.45) is 5.41 Å². The molecular weight excluding hydrogens is 192 g/mol. The zero-order chi connectivity index (χ0) is 12.1. The highest BCUT2D eigenvalue weighted by Crippen LogP contribution is 2.18. The summed E-state index contributed by atoms with van der Waals surface area (Å²) in [5.41, 5.74) is 0.298. The Bertz CT molecular complexity index is 199. The van der Waals surface area contributed by atoms with Gasteiger partial charge in [-0.2, -0.15) is 0 Å². The van der Waals surface area contributed by atoms with E-state index in [1.54, 1.807) is 7.05 Å². The number of aliphatic carboxylic acids is 1. The van der Waals surface area contributed by atoms with Crippen LogP contribution in [0.2, 0.25) is 0 Å². The minimum atomic E-state index is -0.792. The van der Waals surface area contributed by atoms with Gasteiger partial charge >= 0.3 is 5.97 Å². The lowest BCUT2D eigenvalue weighted by Gasteiger charge is -2.25. The minimum absolute atomic E-state index is 0.298. The van der Waals surface area contributed by atoms with Crippen molar-refractivity contribution in [3.8, 4) is 0 Å². The summed E-state index contributed by atoms with van der Waals surface area (Å²) in [5, 5.41) is 11.6. The first kappa shape index (κ1) is 14.4. The molecule has 0 aliphatic rings. The Morgan fingerprint density at radius 2 is 2.00 bits per heavy atom. The summed E-state index contributed by atoms with van der Waals surface area (Å²) in [5.74, 6) is -0.792. The molecule has 0 fully saturated rings. The van der Waals surface area contributed by atoms with E-state index in [1.165, 1.54) is 0 Å². The van der Waals surface area contributed by atoms with Crippen LogP contribution in [0.3, 0.4) is 0 Å². The quantitative estimate of drug-likeness (QED) is 0.696. The van der Waals surface area contributed by atoms with Crippen molar-refractivity contribution in [2.45, 2.75) is 33.2 Å². The molecule has 0 heterocycles. The molecule has 0 aliphatic heterocycles. The number of carboxylic acids is 1. The first-order chi connectivity index (χ1) is 6.76. The number of likely N-dealkylation sites (N-methyl/N-ethyl adjacent to an activating group) is 2. The molecule has 1 unspecified atom stereocenters. The highest BCUT2D eigenvalue weighted by molar-refractivity contribution is 5.73. The Hall–Kier alpha value is -0.610. The molecule has 90 valence electrons. The van der Waals surface area contributed by atoms with Crippen LogP contribution in [0.1, 0.15) is 27.2 Å². The van der Waals surface area contributed by atoms with E-state index in [1.807, 2.05) is 7.05 Å². The van der Waals surface area contributed by atoms with Gasteiger partial charge in [0.2, 0.25) is 0 Å². The number of carbonyl (C=O) groups is 1. The zero-order valence-corrected chi connectivity index (χ0v) is 10.5. The number of nitrogens with one attached hydrogen (secondary N) is 1. The van der Waals surface area contributed by atoms with E-state index >= 15 is 0 Å². The van der Waals surface area contributed by atoms with Crippen molar-refractivity contribution in [1.82, 2.24) is 10.2 Å². The van der Waals surface area contributed by atoms with Crippen molar-refractivity contribution >= 4 is 5.97 Å². The summed E-state index contributed by atoms with van der Waals surface area (Å²) in [6, 6.07) is -0.477. The third-order valence-electron chi connectivity index (χ3n) is 2.38. The second-order valence-corrected chi connectivity index (χ2v) is 5.25. The van der Waals surface area contributed by atoms with Crippen molar-refractivity contribution in [3.63, 3.8) is 0 Å². The Morgan fingerprint density at radius 1 is 1.47 bits per heavy atom. The Labute approximate surface area is 92.7 Å². The second kappa shape index (κ2) is 6.08. The van der Waals surface area contributed by atoms with Crippen LogP contribution in [0.4, 0.5) is 0 Å². The molecule has 2 N–H and O–H groups in total. The van der Waals surface area contributed by atoms with E-state index in [0.29, 0.717) is 12.0 Å². The van der Waals surface area contributed by atoms with Gasteiger partial charge in [-0.25, -0.2) is 0 Å². The number of rotatable bonds is 6. The van der Waals surface area contributed by atoms with Gasteiger partial charge in [-0.1, -0.05) is 20.8 Å². The summed E-state index contributed by atoms with van der Waals surface area (Å²) in [4.78, 5) is 12.8. The van der Waals surface area contributed by atoms with Crippen LogP contribution in [0, 0.1) is 5.41 Å². The Balaban J connectivity index is 3.91. The first-order valence-electron chi connectivity index (χ1n) is 5.35. The molecule has 0 spiro atoms. The molecular formula is C11H24N2O2. The van der Waals surface area contributed by atoms with Gasteiger partial charge in [0.25, 0.3) is 0 Å². The summed E-state index contributed by atoms with van der Waals surface area (Å²) in [6.07, 6.45) is 1.07. The SMILES string of the molecule is CNC(CN(C)CCC(C)(C)C)C(=O)O. The predicted molar refractivity (Wildman–Crippen MR) is 62.1 cm³/mol. The zero-order valence-electron chi connectivity index (χ0n) is 10.5. The average Bonchev–Trinajstić information content (AvgIpc) is 2.09. The van der Waals surface area contributed by atoms with E-state index in [4.69, 9.17) is 5.11 Å². The maximum atomic E-state index is 10.8. The molecule has 0 aromatic rings. The number of hydrogen-bond acceptors (Lipinski definition) is 3. The van der Waals surface area contributed by atoms with Crippen molar-refractivity contribution in [3.05, 3.63) is 0 Å². The molecule has 0 rings (SSSR count). The van der Waals surface area contributed by atoms with Crippen molar-refractivity contribution in [2.75, 3.05) is 27.2 Å². The third kappa shape index (κ3) is 7.33. The molecule has 0 aromatic carbocycles. The maximum Gasteiger partial charge on any atom is 0.322 e. The molecule has 0 saturated carbocycles. The van der Waals surface area contributed by atoms with Crippen molar-refractivity contribution in [1.29, 1.82) is 0 Å². The van der Waals surface area contributed by atoms with E-state index in [0.717, 1.165) is 13.0 Å². The van der Waals surface area contributed by atoms with Crippen LogP contribution < -0.4 is 5.32 Å². The fourth-order valence-electron chi connectivity index (χ4n) is 1.22. The summed E-state index contributed by atoms with van der Waals surface area (Å²) >= 11 is 0. The van der Waals surface area contributed by atoms with Gasteiger partial charge in [0.05, 0.1) is 0 Å². The second-order valence-electron chi connectivity index (χ2n) is 5.25. The predicted octanol–water partition coefficient (Wildman–Crippen LogP) is 1.03. The Morgan fingerprint density at radius 3 is 2.33 bits per heavy atom. The topological polar surface area (TPSA) is 52.6 Å². The molecule has 15 heavy (non-hydrogen) atoms. The molecule has 0 aliphatic carbocycles. The summed E-state index contributed by atoms with van der Waals surface area (Å²) in [6.45, 7) is 8.03. The van der Waals surface area contributed by atoms with E-state index in [9.17, 15) is 4.79 Å². The average molecular weight is 216 g/mol. The first-order valence-corrected chi connectivity index (χ1v) is 5.35. The molecule has 4 heteroatoms. The minimum Gasteiger partial charge on any atom is -0.480 e. The van der Waals surface area contributed by atoms with Crippen LogP contribution in [-0.4, -0.2) is 49.2 Å². The molecule has 0 amide bonds. The van der Waals surface area contributed by atoms with E-state index < -0.39 is 12.0 Å². The standard InChI is InChI=1S/C11H24N2O2/c1-11(2,3)6-7-13(5)8-9(12-4)10(14)15/h9,12H,6-8H2,1-5H3,(H,14,15). The lowest BCUT2D eigenvalue weighted by atomic mass is 9.92. The van der Waals surface area contributed by atoms with E-state index in [-0.39, 0.29) is 0 Å². The number of hydrogen-bond donors (Lipinski definition) is 2. The molecule has 0 bridgehead atoms. The van der Waals surface area contributed by atoms with Crippen LogP contribution in [0.5, 0.6) is 0 Å². The van der Waals surface area contributed by atoms with Gasteiger partial charge < -0.3 is 15.3 Å². The maximum absolute atomic E-state index is 10.8. The third-order valence-corrected chi connectivity index (χ3v) is 2.38. The van der Waals surface area contributed by atoms with Gasteiger partial charge in [-0.3, -0.25) is 4.79 Å². The highest BCUT2D eigenvalue weighted by atomic mass is 16.4. The smallest absolute Gasteiger partial charge is 0.322 e. The monoisotopic (exact) mass is 216 g/mol. The number of nitrogens with zero attached hydrogens (tertiary/aromatic N) is 1. The van der Waals surface area contributed by atoms with Crippen LogP contribution >= 0.6 is 0 Å².